The predicted molar refractivity (Wildman–Crippen MR) is 90.3 cm³/mol. The van der Waals surface area contributed by atoms with Gasteiger partial charge in [-0.2, -0.15) is 4.31 Å². The summed E-state index contributed by atoms with van der Waals surface area (Å²) in [6.07, 6.45) is 6.18. The van der Waals surface area contributed by atoms with Crippen LogP contribution in [-0.4, -0.2) is 35.4 Å². The lowest BCUT2D eigenvalue weighted by Gasteiger charge is -2.27. The molecule has 0 unspecified atom stereocenters. The van der Waals surface area contributed by atoms with Gasteiger partial charge in [-0.25, -0.2) is 17.8 Å². The van der Waals surface area contributed by atoms with E-state index in [1.54, 1.807) is 10.6 Å². The minimum absolute atomic E-state index is 0.238. The molecule has 0 spiro atoms. The number of hydrogen-bond donors (Lipinski definition) is 0. The number of hydrogen-bond acceptors (Lipinski definition) is 3. The van der Waals surface area contributed by atoms with Crippen molar-refractivity contribution in [3.8, 4) is 0 Å². The Labute approximate surface area is 141 Å². The molecule has 0 aliphatic carbocycles. The Morgan fingerprint density at radius 1 is 1.29 bits per heavy atom. The largest absolute Gasteiger partial charge is 0.321 e. The van der Waals surface area contributed by atoms with Crippen molar-refractivity contribution >= 4 is 16.1 Å². The number of halogens is 1. The van der Waals surface area contributed by atoms with Gasteiger partial charge in [-0.15, -0.1) is 0 Å². The van der Waals surface area contributed by atoms with Crippen molar-refractivity contribution in [2.75, 3.05) is 13.1 Å². The van der Waals surface area contributed by atoms with E-state index < -0.39 is 10.0 Å². The first-order valence-corrected chi connectivity index (χ1v) is 9.40. The van der Waals surface area contributed by atoms with Crippen LogP contribution in [0.4, 0.5) is 4.39 Å². The highest BCUT2D eigenvalue weighted by Crippen LogP contribution is 2.25. The zero-order valence-corrected chi connectivity index (χ0v) is 14.3. The van der Waals surface area contributed by atoms with Gasteiger partial charge in [-0.1, -0.05) is 23.8 Å². The molecule has 1 aromatic heterocycles. The van der Waals surface area contributed by atoms with Crippen molar-refractivity contribution in [3.63, 3.8) is 0 Å². The molecule has 0 N–H and O–H groups in total. The fourth-order valence-corrected chi connectivity index (χ4v) is 4.48. The number of imidazole rings is 1. The fourth-order valence-electron chi connectivity index (χ4n) is 2.88. The van der Waals surface area contributed by atoms with Gasteiger partial charge in [0.15, 0.2) is 5.03 Å². The second kappa shape index (κ2) is 6.86. The van der Waals surface area contributed by atoms with Gasteiger partial charge in [0.1, 0.15) is 5.82 Å². The number of rotatable bonds is 4. The van der Waals surface area contributed by atoms with Gasteiger partial charge in [0, 0.05) is 19.6 Å². The first kappa shape index (κ1) is 16.9. The lowest BCUT2D eigenvalue weighted by atomic mass is 10.0. The summed E-state index contributed by atoms with van der Waals surface area (Å²) >= 11 is 0. The van der Waals surface area contributed by atoms with Gasteiger partial charge in [0.25, 0.3) is 10.0 Å². The third-order valence-corrected chi connectivity index (χ3v) is 6.12. The molecular formula is C17H20FN3O2S. The minimum Gasteiger partial charge on any atom is -0.321 e. The minimum atomic E-state index is -3.52. The van der Waals surface area contributed by atoms with Gasteiger partial charge in [-0.3, -0.25) is 0 Å². The van der Waals surface area contributed by atoms with E-state index in [0.717, 1.165) is 11.1 Å². The Morgan fingerprint density at radius 3 is 2.71 bits per heavy atom. The van der Waals surface area contributed by atoms with E-state index in [0.29, 0.717) is 32.5 Å². The first-order chi connectivity index (χ1) is 11.5. The van der Waals surface area contributed by atoms with Crippen molar-refractivity contribution in [2.45, 2.75) is 31.3 Å². The number of piperidine rings is 1. The van der Waals surface area contributed by atoms with Crippen LogP contribution in [0, 0.1) is 5.82 Å². The average molecular weight is 349 g/mol. The molecule has 0 atom stereocenters. The molecule has 3 rings (SSSR count). The SMILES string of the molecule is CCn1cncc1S(=O)(=O)N1CCC(=Cc2cccc(F)c2)CC1. The lowest BCUT2D eigenvalue weighted by Crippen LogP contribution is -2.37. The van der Waals surface area contributed by atoms with Crippen LogP contribution in [-0.2, 0) is 16.6 Å². The second-order valence-corrected chi connectivity index (χ2v) is 7.66. The van der Waals surface area contributed by atoms with Crippen molar-refractivity contribution in [3.05, 3.63) is 53.7 Å². The molecule has 128 valence electrons. The van der Waals surface area contributed by atoms with E-state index in [1.807, 2.05) is 19.1 Å². The topological polar surface area (TPSA) is 55.2 Å². The zero-order valence-electron chi connectivity index (χ0n) is 13.5. The fraction of sp³-hybridized carbons (Fsp3) is 0.353. The van der Waals surface area contributed by atoms with Gasteiger partial charge in [0.2, 0.25) is 0 Å². The number of benzene rings is 1. The summed E-state index contributed by atoms with van der Waals surface area (Å²) < 4.78 is 41.8. The standard InChI is InChI=1S/C17H20FN3O2S/c1-2-20-13-19-12-17(20)24(22,23)21-8-6-14(7-9-21)10-15-4-3-5-16(18)11-15/h3-5,10-13H,2,6-9H2,1H3. The number of aromatic nitrogens is 2. The summed E-state index contributed by atoms with van der Waals surface area (Å²) in [5.41, 5.74) is 1.95. The van der Waals surface area contributed by atoms with Crippen molar-refractivity contribution in [1.82, 2.24) is 13.9 Å². The molecule has 0 radical (unpaired) electrons. The van der Waals surface area contributed by atoms with Crippen LogP contribution in [0.1, 0.15) is 25.3 Å². The third-order valence-electron chi connectivity index (χ3n) is 4.20. The predicted octanol–water partition coefficient (Wildman–Crippen LogP) is 2.91. The number of sulfonamides is 1. The van der Waals surface area contributed by atoms with Crippen LogP contribution in [0.2, 0.25) is 0 Å². The molecular weight excluding hydrogens is 329 g/mol. The van der Waals surface area contributed by atoms with Crippen molar-refractivity contribution < 1.29 is 12.8 Å². The zero-order chi connectivity index (χ0) is 17.2. The van der Waals surface area contributed by atoms with Gasteiger partial charge in [0.05, 0.1) is 12.5 Å². The summed E-state index contributed by atoms with van der Waals surface area (Å²) in [6, 6.07) is 6.41. The van der Waals surface area contributed by atoms with Crippen LogP contribution in [0.5, 0.6) is 0 Å². The highest BCUT2D eigenvalue weighted by Gasteiger charge is 2.29. The molecule has 1 aliphatic rings. The summed E-state index contributed by atoms with van der Waals surface area (Å²) in [4.78, 5) is 3.94. The Balaban J connectivity index is 1.73. The van der Waals surface area contributed by atoms with Gasteiger partial charge in [-0.05, 0) is 37.5 Å². The number of aryl methyl sites for hydroxylation is 1. The molecule has 2 heterocycles. The average Bonchev–Trinajstić information content (AvgIpc) is 3.05. The molecule has 1 aromatic carbocycles. The van der Waals surface area contributed by atoms with E-state index in [2.05, 4.69) is 4.98 Å². The maximum Gasteiger partial charge on any atom is 0.260 e. The Bertz CT molecular complexity index is 848. The Kier molecular flexibility index (Phi) is 4.82. The molecule has 0 saturated carbocycles. The molecule has 2 aromatic rings. The summed E-state index contributed by atoms with van der Waals surface area (Å²) in [6.45, 7) is 3.31. The van der Waals surface area contributed by atoms with Crippen LogP contribution < -0.4 is 0 Å². The van der Waals surface area contributed by atoms with Crippen LogP contribution in [0.15, 0.2) is 47.4 Å². The van der Waals surface area contributed by atoms with E-state index in [4.69, 9.17) is 0 Å². The monoisotopic (exact) mass is 349 g/mol. The first-order valence-electron chi connectivity index (χ1n) is 7.96. The van der Waals surface area contributed by atoms with Crippen LogP contribution in [0.3, 0.4) is 0 Å². The molecule has 24 heavy (non-hydrogen) atoms. The Hall–Kier alpha value is -1.99. The lowest BCUT2D eigenvalue weighted by molar-refractivity contribution is 0.383. The maximum absolute atomic E-state index is 13.2. The molecule has 1 fully saturated rings. The van der Waals surface area contributed by atoms with Crippen molar-refractivity contribution in [1.29, 1.82) is 0 Å². The Morgan fingerprint density at radius 2 is 2.04 bits per heavy atom. The van der Waals surface area contributed by atoms with Crippen LogP contribution in [0.25, 0.3) is 6.08 Å². The maximum atomic E-state index is 13.2. The van der Waals surface area contributed by atoms with Gasteiger partial charge < -0.3 is 4.57 Å². The summed E-state index contributed by atoms with van der Waals surface area (Å²) in [5, 5.41) is 0.238. The smallest absolute Gasteiger partial charge is 0.260 e. The second-order valence-electron chi connectivity index (χ2n) is 5.78. The van der Waals surface area contributed by atoms with E-state index in [-0.39, 0.29) is 10.8 Å². The molecule has 0 amide bonds. The third kappa shape index (κ3) is 3.42. The quantitative estimate of drug-likeness (QED) is 0.853. The molecule has 1 aliphatic heterocycles. The molecule has 1 saturated heterocycles. The van der Waals surface area contributed by atoms with Crippen LogP contribution >= 0.6 is 0 Å². The molecule has 7 heteroatoms. The number of nitrogens with zero attached hydrogens (tertiary/aromatic N) is 3. The van der Waals surface area contributed by atoms with Crippen molar-refractivity contribution in [2.24, 2.45) is 0 Å². The highest BCUT2D eigenvalue weighted by molar-refractivity contribution is 7.89. The van der Waals surface area contributed by atoms with E-state index in [9.17, 15) is 12.8 Å². The molecule has 0 bridgehead atoms. The van der Waals surface area contributed by atoms with Gasteiger partial charge >= 0.3 is 0 Å². The summed E-state index contributed by atoms with van der Waals surface area (Å²) in [7, 11) is -3.52. The highest BCUT2D eigenvalue weighted by atomic mass is 32.2. The molecule has 5 nitrogen and oxygen atoms in total. The van der Waals surface area contributed by atoms with E-state index in [1.165, 1.54) is 29.0 Å². The normalized spacial score (nSPS) is 16.3. The summed E-state index contributed by atoms with van der Waals surface area (Å²) in [5.74, 6) is -0.266. The van der Waals surface area contributed by atoms with E-state index >= 15 is 0 Å².